The topological polar surface area (TPSA) is 24.9 Å². The third-order valence-electron chi connectivity index (χ3n) is 2.69. The van der Waals surface area contributed by atoms with Gasteiger partial charge in [0.05, 0.1) is 17.9 Å². The summed E-state index contributed by atoms with van der Waals surface area (Å²) in [6.45, 7) is 6.25. The lowest BCUT2D eigenvalue weighted by Crippen LogP contribution is -2.06. The van der Waals surface area contributed by atoms with Crippen LogP contribution in [0.25, 0.3) is 0 Å². The Morgan fingerprint density at radius 3 is 2.71 bits per heavy atom. The highest BCUT2D eigenvalue weighted by atomic mass is 35.5. The molecule has 1 unspecified atom stereocenters. The fourth-order valence-corrected chi connectivity index (χ4v) is 2.82. The predicted octanol–water partition coefficient (Wildman–Crippen LogP) is 4.59. The highest BCUT2D eigenvalue weighted by Gasteiger charge is 2.10. The molecule has 0 bridgehead atoms. The van der Waals surface area contributed by atoms with Gasteiger partial charge < -0.3 is 5.32 Å². The van der Waals surface area contributed by atoms with Crippen molar-refractivity contribution in [3.63, 3.8) is 0 Å². The molecule has 1 N–H and O–H groups in total. The van der Waals surface area contributed by atoms with Crippen molar-refractivity contribution in [3.8, 4) is 0 Å². The van der Waals surface area contributed by atoms with Crippen LogP contribution in [0.3, 0.4) is 0 Å². The molecule has 1 atom stereocenters. The van der Waals surface area contributed by atoms with Gasteiger partial charge in [0.25, 0.3) is 0 Å². The van der Waals surface area contributed by atoms with E-state index in [-0.39, 0.29) is 6.04 Å². The molecule has 0 aliphatic heterocycles. The Bertz CT molecular complexity index is 522. The Balaban J connectivity index is 2.16. The van der Waals surface area contributed by atoms with E-state index in [9.17, 15) is 0 Å². The van der Waals surface area contributed by atoms with Gasteiger partial charge in [-0.15, -0.1) is 11.3 Å². The number of aryl methyl sites for hydroxylation is 2. The first-order chi connectivity index (χ1) is 8.08. The SMILES string of the molecule is Cc1cc(NC(C)c2sccc2C)cnc1Cl. The lowest BCUT2D eigenvalue weighted by atomic mass is 10.2. The van der Waals surface area contributed by atoms with E-state index in [0.29, 0.717) is 5.15 Å². The third-order valence-corrected chi connectivity index (χ3v) is 4.29. The Morgan fingerprint density at radius 1 is 1.35 bits per heavy atom. The summed E-state index contributed by atoms with van der Waals surface area (Å²) in [6.07, 6.45) is 1.77. The zero-order valence-corrected chi connectivity index (χ0v) is 11.7. The number of halogens is 1. The van der Waals surface area contributed by atoms with Crippen molar-refractivity contribution in [1.29, 1.82) is 0 Å². The molecule has 4 heteroatoms. The lowest BCUT2D eigenvalue weighted by molar-refractivity contribution is 0.896. The van der Waals surface area contributed by atoms with Crippen LogP contribution >= 0.6 is 22.9 Å². The maximum Gasteiger partial charge on any atom is 0.132 e. The molecule has 0 aliphatic rings. The van der Waals surface area contributed by atoms with Gasteiger partial charge in [-0.05, 0) is 49.4 Å². The number of anilines is 1. The molecule has 0 amide bonds. The molecule has 0 radical (unpaired) electrons. The summed E-state index contributed by atoms with van der Waals surface area (Å²) in [4.78, 5) is 5.50. The molecule has 0 fully saturated rings. The first-order valence-corrected chi connectivity index (χ1v) is 6.76. The van der Waals surface area contributed by atoms with Crippen molar-refractivity contribution < 1.29 is 0 Å². The molecule has 0 saturated carbocycles. The Labute approximate surface area is 111 Å². The summed E-state index contributed by atoms with van der Waals surface area (Å²) in [7, 11) is 0. The van der Waals surface area contributed by atoms with Gasteiger partial charge in [0, 0.05) is 4.88 Å². The van der Waals surface area contributed by atoms with Gasteiger partial charge in [0.2, 0.25) is 0 Å². The molecule has 90 valence electrons. The van der Waals surface area contributed by atoms with E-state index in [2.05, 4.69) is 35.6 Å². The molecular formula is C13H15ClN2S. The van der Waals surface area contributed by atoms with E-state index in [4.69, 9.17) is 11.6 Å². The molecule has 2 nitrogen and oxygen atoms in total. The van der Waals surface area contributed by atoms with E-state index in [0.717, 1.165) is 11.3 Å². The first-order valence-electron chi connectivity index (χ1n) is 5.50. The van der Waals surface area contributed by atoms with Gasteiger partial charge in [0.15, 0.2) is 0 Å². The molecule has 0 spiro atoms. The molecule has 0 aliphatic carbocycles. The van der Waals surface area contributed by atoms with E-state index >= 15 is 0 Å². The van der Waals surface area contributed by atoms with Crippen LogP contribution in [-0.2, 0) is 0 Å². The Morgan fingerprint density at radius 2 is 2.12 bits per heavy atom. The normalized spacial score (nSPS) is 12.5. The number of thiophene rings is 1. The Kier molecular flexibility index (Phi) is 3.69. The molecular weight excluding hydrogens is 252 g/mol. The summed E-state index contributed by atoms with van der Waals surface area (Å²) in [6, 6.07) is 4.45. The van der Waals surface area contributed by atoms with Crippen molar-refractivity contribution in [2.45, 2.75) is 26.8 Å². The summed E-state index contributed by atoms with van der Waals surface area (Å²) < 4.78 is 0. The fourth-order valence-electron chi connectivity index (χ4n) is 1.78. The monoisotopic (exact) mass is 266 g/mol. The summed E-state index contributed by atoms with van der Waals surface area (Å²) in [5.74, 6) is 0. The van der Waals surface area contributed by atoms with Gasteiger partial charge in [-0.3, -0.25) is 0 Å². The number of nitrogens with zero attached hydrogens (tertiary/aromatic N) is 1. The molecule has 0 saturated heterocycles. The highest BCUT2D eigenvalue weighted by molar-refractivity contribution is 7.10. The van der Waals surface area contributed by atoms with Gasteiger partial charge in [-0.2, -0.15) is 0 Å². The molecule has 17 heavy (non-hydrogen) atoms. The first kappa shape index (κ1) is 12.4. The minimum atomic E-state index is 0.289. The number of hydrogen-bond acceptors (Lipinski definition) is 3. The van der Waals surface area contributed by atoms with Crippen LogP contribution in [0.1, 0.15) is 29.0 Å². The molecule has 2 heterocycles. The fraction of sp³-hybridized carbons (Fsp3) is 0.308. The quantitative estimate of drug-likeness (QED) is 0.822. The van der Waals surface area contributed by atoms with Crippen LogP contribution in [0.4, 0.5) is 5.69 Å². The van der Waals surface area contributed by atoms with Crippen molar-refractivity contribution >= 4 is 28.6 Å². The predicted molar refractivity (Wildman–Crippen MR) is 75.1 cm³/mol. The number of rotatable bonds is 3. The van der Waals surface area contributed by atoms with Gasteiger partial charge in [0.1, 0.15) is 5.15 Å². The van der Waals surface area contributed by atoms with E-state index in [1.807, 2.05) is 13.0 Å². The van der Waals surface area contributed by atoms with Crippen molar-refractivity contribution in [3.05, 3.63) is 44.9 Å². The van der Waals surface area contributed by atoms with E-state index in [1.165, 1.54) is 10.4 Å². The molecule has 0 aromatic carbocycles. The molecule has 2 aromatic rings. The highest BCUT2D eigenvalue weighted by Crippen LogP contribution is 2.27. The van der Waals surface area contributed by atoms with Crippen molar-refractivity contribution in [1.82, 2.24) is 4.98 Å². The third kappa shape index (κ3) is 2.79. The zero-order chi connectivity index (χ0) is 12.4. The van der Waals surface area contributed by atoms with E-state index in [1.54, 1.807) is 17.5 Å². The van der Waals surface area contributed by atoms with Gasteiger partial charge in [-0.25, -0.2) is 4.98 Å². The molecule has 2 aromatic heterocycles. The lowest BCUT2D eigenvalue weighted by Gasteiger charge is -2.15. The van der Waals surface area contributed by atoms with Crippen LogP contribution in [0, 0.1) is 13.8 Å². The van der Waals surface area contributed by atoms with Crippen LogP contribution in [-0.4, -0.2) is 4.98 Å². The number of hydrogen-bond donors (Lipinski definition) is 1. The standard InChI is InChI=1S/C13H15ClN2S/c1-8-4-5-17-12(8)10(3)16-11-6-9(2)13(14)15-7-11/h4-7,10,16H,1-3H3. The Hall–Kier alpha value is -1.06. The number of aromatic nitrogens is 1. The van der Waals surface area contributed by atoms with Crippen LogP contribution in [0.5, 0.6) is 0 Å². The van der Waals surface area contributed by atoms with Crippen molar-refractivity contribution in [2.24, 2.45) is 0 Å². The minimum absolute atomic E-state index is 0.289. The summed E-state index contributed by atoms with van der Waals surface area (Å²) >= 11 is 7.68. The molecule has 2 rings (SSSR count). The second-order valence-electron chi connectivity index (χ2n) is 4.17. The second-order valence-corrected chi connectivity index (χ2v) is 5.47. The van der Waals surface area contributed by atoms with Crippen LogP contribution in [0.2, 0.25) is 5.15 Å². The van der Waals surface area contributed by atoms with E-state index < -0.39 is 0 Å². The average Bonchev–Trinajstić information content (AvgIpc) is 2.70. The van der Waals surface area contributed by atoms with Gasteiger partial charge >= 0.3 is 0 Å². The van der Waals surface area contributed by atoms with Crippen LogP contribution in [0.15, 0.2) is 23.7 Å². The zero-order valence-electron chi connectivity index (χ0n) is 10.1. The second kappa shape index (κ2) is 5.07. The maximum absolute atomic E-state index is 5.91. The van der Waals surface area contributed by atoms with Crippen LogP contribution < -0.4 is 5.32 Å². The number of nitrogens with one attached hydrogen (secondary N) is 1. The average molecular weight is 267 g/mol. The van der Waals surface area contributed by atoms with Crippen molar-refractivity contribution in [2.75, 3.05) is 5.32 Å². The summed E-state index contributed by atoms with van der Waals surface area (Å²) in [5, 5.41) is 6.13. The smallest absolute Gasteiger partial charge is 0.132 e. The number of pyridine rings is 1. The largest absolute Gasteiger partial charge is 0.376 e. The summed E-state index contributed by atoms with van der Waals surface area (Å²) in [5.41, 5.74) is 3.33. The van der Waals surface area contributed by atoms with Gasteiger partial charge in [-0.1, -0.05) is 11.6 Å². The minimum Gasteiger partial charge on any atom is -0.376 e. The maximum atomic E-state index is 5.91.